The fourth-order valence-electron chi connectivity index (χ4n) is 4.49. The minimum atomic E-state index is -0.428. The monoisotopic (exact) mass is 457 g/mol. The summed E-state index contributed by atoms with van der Waals surface area (Å²) in [6.07, 6.45) is 2.42. The maximum absolute atomic E-state index is 12.4. The van der Waals surface area contributed by atoms with Crippen LogP contribution in [0.5, 0.6) is 5.88 Å². The third-order valence-electron chi connectivity index (χ3n) is 6.17. The van der Waals surface area contributed by atoms with E-state index < -0.39 is 6.09 Å². The molecule has 2 aromatic rings. The van der Waals surface area contributed by atoms with E-state index in [-0.39, 0.29) is 30.6 Å². The molecule has 0 bridgehead atoms. The van der Waals surface area contributed by atoms with Crippen molar-refractivity contribution in [1.82, 2.24) is 10.3 Å². The van der Waals surface area contributed by atoms with Gasteiger partial charge in [-0.3, -0.25) is 9.69 Å². The molecular weight excluding hydrogens is 434 g/mol. The lowest BCUT2D eigenvalue weighted by Gasteiger charge is -2.19. The summed E-state index contributed by atoms with van der Waals surface area (Å²) in [6, 6.07) is 7.53. The SMILES string of the molecule is NC1c2cccc(Cl)c2CC1CNCCC1CN(c2cnc3c(c2)NC(=O)CO3)C(=O)O1. The van der Waals surface area contributed by atoms with Crippen molar-refractivity contribution in [1.29, 1.82) is 0 Å². The molecule has 168 valence electrons. The number of nitrogens with zero attached hydrogens (tertiary/aromatic N) is 2. The highest BCUT2D eigenvalue weighted by Gasteiger charge is 2.34. The van der Waals surface area contributed by atoms with Crippen molar-refractivity contribution in [2.75, 3.05) is 36.5 Å². The Bertz CT molecular complexity index is 1060. The fourth-order valence-corrected chi connectivity index (χ4v) is 4.75. The zero-order chi connectivity index (χ0) is 22.2. The van der Waals surface area contributed by atoms with Crippen LogP contribution in [-0.2, 0) is 16.0 Å². The minimum Gasteiger partial charge on any atom is -0.466 e. The van der Waals surface area contributed by atoms with Crippen molar-refractivity contribution in [3.63, 3.8) is 0 Å². The second-order valence-corrected chi connectivity index (χ2v) is 8.70. The summed E-state index contributed by atoms with van der Waals surface area (Å²) in [6.45, 7) is 1.82. The number of hydrogen-bond donors (Lipinski definition) is 3. The molecule has 1 aromatic heterocycles. The van der Waals surface area contributed by atoms with Crippen LogP contribution in [0, 0.1) is 5.92 Å². The summed E-state index contributed by atoms with van der Waals surface area (Å²) in [5, 5.41) is 6.92. The zero-order valence-corrected chi connectivity index (χ0v) is 18.1. The van der Waals surface area contributed by atoms with Crippen molar-refractivity contribution in [2.24, 2.45) is 11.7 Å². The van der Waals surface area contributed by atoms with Gasteiger partial charge in [0.05, 0.1) is 18.4 Å². The molecule has 3 atom stereocenters. The van der Waals surface area contributed by atoms with E-state index in [0.717, 1.165) is 29.1 Å². The lowest BCUT2D eigenvalue weighted by molar-refractivity contribution is -0.118. The Balaban J connectivity index is 1.12. The van der Waals surface area contributed by atoms with Gasteiger partial charge < -0.3 is 25.8 Å². The van der Waals surface area contributed by atoms with Crippen LogP contribution < -0.4 is 26.0 Å². The fraction of sp³-hybridized carbons (Fsp3) is 0.409. The largest absolute Gasteiger partial charge is 0.466 e. The van der Waals surface area contributed by atoms with E-state index in [9.17, 15) is 9.59 Å². The molecule has 9 nitrogen and oxygen atoms in total. The van der Waals surface area contributed by atoms with Crippen LogP contribution in [-0.4, -0.2) is 49.3 Å². The van der Waals surface area contributed by atoms with E-state index in [1.165, 1.54) is 4.90 Å². The van der Waals surface area contributed by atoms with Crippen LogP contribution >= 0.6 is 11.6 Å². The number of carbonyl (C=O) groups excluding carboxylic acids is 2. The Labute approximate surface area is 190 Å². The Morgan fingerprint density at radius 1 is 1.34 bits per heavy atom. The van der Waals surface area contributed by atoms with E-state index in [0.29, 0.717) is 36.8 Å². The van der Waals surface area contributed by atoms with Gasteiger partial charge in [-0.1, -0.05) is 23.7 Å². The number of benzene rings is 1. The molecule has 32 heavy (non-hydrogen) atoms. The Morgan fingerprint density at radius 3 is 3.06 bits per heavy atom. The second-order valence-electron chi connectivity index (χ2n) is 8.29. The predicted molar refractivity (Wildman–Crippen MR) is 119 cm³/mol. The molecule has 2 aliphatic heterocycles. The number of rotatable bonds is 6. The number of anilines is 2. The first-order valence-electron chi connectivity index (χ1n) is 10.6. The van der Waals surface area contributed by atoms with E-state index >= 15 is 0 Å². The van der Waals surface area contributed by atoms with Gasteiger partial charge in [0.25, 0.3) is 5.91 Å². The number of hydrogen-bond acceptors (Lipinski definition) is 7. The maximum atomic E-state index is 12.4. The Morgan fingerprint density at radius 2 is 2.22 bits per heavy atom. The highest BCUT2D eigenvalue weighted by atomic mass is 35.5. The Kier molecular flexibility index (Phi) is 5.62. The standard InChI is InChI=1S/C22H24ClN5O4/c23-17-3-1-2-15-16(17)6-12(20(15)24)8-25-5-4-14-10-28(22(30)32-14)13-7-18-21(26-9-13)31-11-19(29)27-18/h1-3,7,9,12,14,20,25H,4-6,8,10-11,24H2,(H,27,29). The molecule has 0 spiro atoms. The van der Waals surface area contributed by atoms with Crippen molar-refractivity contribution in [3.8, 4) is 5.88 Å². The molecule has 3 heterocycles. The normalized spacial score (nSPS) is 23.9. The first-order valence-corrected chi connectivity index (χ1v) is 11.0. The zero-order valence-electron chi connectivity index (χ0n) is 17.3. The minimum absolute atomic E-state index is 0.0306. The van der Waals surface area contributed by atoms with Gasteiger partial charge in [-0.05, 0) is 48.6 Å². The van der Waals surface area contributed by atoms with Crippen LogP contribution in [0.25, 0.3) is 0 Å². The number of halogens is 1. The number of amides is 2. The molecule has 1 aliphatic carbocycles. The predicted octanol–water partition coefficient (Wildman–Crippen LogP) is 2.24. The van der Waals surface area contributed by atoms with Gasteiger partial charge in [0.2, 0.25) is 5.88 Å². The third kappa shape index (κ3) is 3.99. The Hall–Kier alpha value is -2.88. The molecule has 5 rings (SSSR count). The van der Waals surface area contributed by atoms with Crippen molar-refractivity contribution < 1.29 is 19.1 Å². The van der Waals surface area contributed by atoms with E-state index in [4.69, 9.17) is 26.8 Å². The number of cyclic esters (lactones) is 1. The number of aromatic nitrogens is 1. The summed E-state index contributed by atoms with van der Waals surface area (Å²) in [5.41, 5.74) is 9.69. The number of pyridine rings is 1. The quantitative estimate of drug-likeness (QED) is 0.569. The molecule has 3 aliphatic rings. The van der Waals surface area contributed by atoms with Crippen LogP contribution in [0.15, 0.2) is 30.5 Å². The molecule has 0 saturated carbocycles. The third-order valence-corrected chi connectivity index (χ3v) is 6.53. The van der Waals surface area contributed by atoms with Gasteiger partial charge in [-0.25, -0.2) is 9.78 Å². The topological polar surface area (TPSA) is 119 Å². The van der Waals surface area contributed by atoms with Gasteiger partial charge in [-0.15, -0.1) is 0 Å². The molecule has 3 unspecified atom stereocenters. The lowest BCUT2D eigenvalue weighted by atomic mass is 10.0. The molecule has 1 saturated heterocycles. The number of ether oxygens (including phenoxy) is 2. The van der Waals surface area contributed by atoms with Gasteiger partial charge in [0.15, 0.2) is 6.61 Å². The van der Waals surface area contributed by atoms with Crippen molar-refractivity contribution >= 4 is 35.0 Å². The number of nitrogens with one attached hydrogen (secondary N) is 2. The van der Waals surface area contributed by atoms with E-state index in [1.807, 2.05) is 18.2 Å². The van der Waals surface area contributed by atoms with Gasteiger partial charge in [-0.2, -0.15) is 0 Å². The number of fused-ring (bicyclic) bond motifs is 2. The van der Waals surface area contributed by atoms with Crippen molar-refractivity contribution in [3.05, 3.63) is 46.6 Å². The van der Waals surface area contributed by atoms with Crippen LogP contribution in [0.2, 0.25) is 5.02 Å². The molecule has 0 radical (unpaired) electrons. The van der Waals surface area contributed by atoms with Gasteiger partial charge in [0, 0.05) is 17.6 Å². The van der Waals surface area contributed by atoms with E-state index in [1.54, 1.807) is 12.3 Å². The molecular formula is C22H24ClN5O4. The average molecular weight is 458 g/mol. The molecule has 1 aromatic carbocycles. The maximum Gasteiger partial charge on any atom is 0.414 e. The number of nitrogens with two attached hydrogens (primary N) is 1. The summed E-state index contributed by atoms with van der Waals surface area (Å²) < 4.78 is 10.8. The van der Waals surface area contributed by atoms with Crippen LogP contribution in [0.3, 0.4) is 0 Å². The first-order chi connectivity index (χ1) is 15.5. The van der Waals surface area contributed by atoms with Crippen LogP contribution in [0.1, 0.15) is 23.6 Å². The van der Waals surface area contributed by atoms with E-state index in [2.05, 4.69) is 15.6 Å². The number of carbonyl (C=O) groups is 2. The highest BCUT2D eigenvalue weighted by molar-refractivity contribution is 6.31. The first kappa shape index (κ1) is 21.0. The smallest absolute Gasteiger partial charge is 0.414 e. The second kappa shape index (κ2) is 8.57. The molecule has 10 heteroatoms. The van der Waals surface area contributed by atoms with Gasteiger partial charge in [0.1, 0.15) is 11.8 Å². The summed E-state index contributed by atoms with van der Waals surface area (Å²) in [5.74, 6) is 0.374. The van der Waals surface area contributed by atoms with Gasteiger partial charge >= 0.3 is 6.09 Å². The molecule has 2 amide bonds. The average Bonchev–Trinajstić information content (AvgIpc) is 3.31. The highest BCUT2D eigenvalue weighted by Crippen LogP contribution is 2.38. The van der Waals surface area contributed by atoms with Crippen LogP contribution in [0.4, 0.5) is 16.2 Å². The molecule has 4 N–H and O–H groups in total. The summed E-state index contributed by atoms with van der Waals surface area (Å²) >= 11 is 6.31. The summed E-state index contributed by atoms with van der Waals surface area (Å²) in [7, 11) is 0. The summed E-state index contributed by atoms with van der Waals surface area (Å²) in [4.78, 5) is 29.6. The lowest BCUT2D eigenvalue weighted by Crippen LogP contribution is -2.31. The van der Waals surface area contributed by atoms with Crippen molar-refractivity contribution in [2.45, 2.75) is 25.0 Å². The molecule has 1 fully saturated rings.